The highest BCUT2D eigenvalue weighted by molar-refractivity contribution is 6.03. The molecule has 1 aromatic heterocycles. The second-order valence-electron chi connectivity index (χ2n) is 4.51. The molecule has 0 aliphatic heterocycles. The van der Waals surface area contributed by atoms with Crippen molar-refractivity contribution in [1.82, 2.24) is 9.78 Å². The van der Waals surface area contributed by atoms with Crippen LogP contribution in [-0.4, -0.2) is 20.5 Å². The summed E-state index contributed by atoms with van der Waals surface area (Å²) in [6.07, 6.45) is 0. The molecule has 0 N–H and O–H groups in total. The SMILES string of the molecule is CCn1nc(-c2ccc(F)cc2)c(C(C)=O)c([N+](=O)[O-])c1=O. The number of aryl methyl sites for hydroxylation is 1. The summed E-state index contributed by atoms with van der Waals surface area (Å²) in [5.74, 6) is -1.15. The zero-order valence-electron chi connectivity index (χ0n) is 11.9. The zero-order chi connectivity index (χ0) is 16.4. The first-order valence-corrected chi connectivity index (χ1v) is 6.43. The van der Waals surface area contributed by atoms with Crippen LogP contribution in [0.5, 0.6) is 0 Å². The molecule has 2 aromatic rings. The van der Waals surface area contributed by atoms with Gasteiger partial charge in [0.1, 0.15) is 17.1 Å². The molecule has 22 heavy (non-hydrogen) atoms. The topological polar surface area (TPSA) is 95.1 Å². The minimum Gasteiger partial charge on any atom is -0.294 e. The fourth-order valence-corrected chi connectivity index (χ4v) is 2.08. The second-order valence-corrected chi connectivity index (χ2v) is 4.51. The average Bonchev–Trinajstić information content (AvgIpc) is 2.47. The largest absolute Gasteiger partial charge is 0.348 e. The van der Waals surface area contributed by atoms with Crippen LogP contribution in [0.25, 0.3) is 11.3 Å². The van der Waals surface area contributed by atoms with Gasteiger partial charge in [-0.15, -0.1) is 0 Å². The predicted octanol–water partition coefficient (Wildman–Crippen LogP) is 2.18. The van der Waals surface area contributed by atoms with Gasteiger partial charge in [0, 0.05) is 12.1 Å². The number of aromatic nitrogens is 2. The first kappa shape index (κ1) is 15.5. The monoisotopic (exact) mass is 305 g/mol. The maximum atomic E-state index is 13.0. The average molecular weight is 305 g/mol. The Balaban J connectivity index is 2.91. The molecule has 0 bridgehead atoms. The highest BCUT2D eigenvalue weighted by Gasteiger charge is 2.29. The molecule has 8 heteroatoms. The highest BCUT2D eigenvalue weighted by Crippen LogP contribution is 2.26. The van der Waals surface area contributed by atoms with Crippen LogP contribution in [0.1, 0.15) is 24.2 Å². The van der Waals surface area contributed by atoms with Crippen molar-refractivity contribution < 1.29 is 14.1 Å². The third kappa shape index (κ3) is 2.62. The van der Waals surface area contributed by atoms with Gasteiger partial charge in [0.05, 0.1) is 4.92 Å². The molecule has 0 amide bonds. The van der Waals surface area contributed by atoms with Crippen LogP contribution < -0.4 is 5.56 Å². The minimum atomic E-state index is -0.941. The molecule has 0 saturated carbocycles. The van der Waals surface area contributed by atoms with E-state index in [1.807, 2.05) is 0 Å². The molecule has 0 atom stereocenters. The van der Waals surface area contributed by atoms with Gasteiger partial charge in [0.15, 0.2) is 5.78 Å². The van der Waals surface area contributed by atoms with Gasteiger partial charge in [-0.2, -0.15) is 5.10 Å². The number of rotatable bonds is 4. The van der Waals surface area contributed by atoms with E-state index in [0.29, 0.717) is 5.56 Å². The van der Waals surface area contributed by atoms with Gasteiger partial charge >= 0.3 is 11.2 Å². The van der Waals surface area contributed by atoms with Crippen molar-refractivity contribution in [3.8, 4) is 11.3 Å². The van der Waals surface area contributed by atoms with Crippen molar-refractivity contribution in [2.45, 2.75) is 20.4 Å². The summed E-state index contributed by atoms with van der Waals surface area (Å²) in [5.41, 5.74) is -1.82. The van der Waals surface area contributed by atoms with E-state index in [9.17, 15) is 24.1 Å². The predicted molar refractivity (Wildman–Crippen MR) is 76.2 cm³/mol. The lowest BCUT2D eigenvalue weighted by Crippen LogP contribution is -2.28. The Morgan fingerprint density at radius 2 is 1.95 bits per heavy atom. The fourth-order valence-electron chi connectivity index (χ4n) is 2.08. The molecule has 0 fully saturated rings. The normalized spacial score (nSPS) is 10.5. The van der Waals surface area contributed by atoms with Crippen LogP contribution in [0.2, 0.25) is 0 Å². The van der Waals surface area contributed by atoms with Crippen molar-refractivity contribution >= 4 is 11.5 Å². The van der Waals surface area contributed by atoms with E-state index in [-0.39, 0.29) is 17.8 Å². The third-order valence-electron chi connectivity index (χ3n) is 3.08. The smallest absolute Gasteiger partial charge is 0.294 e. The summed E-state index contributed by atoms with van der Waals surface area (Å²) in [6.45, 7) is 2.82. The Hall–Kier alpha value is -2.90. The quantitative estimate of drug-likeness (QED) is 0.490. The summed E-state index contributed by atoms with van der Waals surface area (Å²) < 4.78 is 13.9. The van der Waals surface area contributed by atoms with E-state index in [2.05, 4.69) is 5.10 Å². The molecule has 0 spiro atoms. The first-order valence-electron chi connectivity index (χ1n) is 6.43. The molecule has 0 unspecified atom stereocenters. The van der Waals surface area contributed by atoms with E-state index in [1.54, 1.807) is 6.92 Å². The Morgan fingerprint density at radius 3 is 2.41 bits per heavy atom. The van der Waals surface area contributed by atoms with Crippen LogP contribution in [0, 0.1) is 15.9 Å². The van der Waals surface area contributed by atoms with E-state index < -0.39 is 27.8 Å². The third-order valence-corrected chi connectivity index (χ3v) is 3.08. The number of benzene rings is 1. The molecular weight excluding hydrogens is 293 g/mol. The highest BCUT2D eigenvalue weighted by atomic mass is 19.1. The van der Waals surface area contributed by atoms with Crippen LogP contribution in [-0.2, 0) is 6.54 Å². The van der Waals surface area contributed by atoms with Gasteiger partial charge in [0.2, 0.25) is 0 Å². The number of carbonyl (C=O) groups excluding carboxylic acids is 1. The van der Waals surface area contributed by atoms with Crippen molar-refractivity contribution in [2.24, 2.45) is 0 Å². The van der Waals surface area contributed by atoms with Gasteiger partial charge in [-0.1, -0.05) is 0 Å². The van der Waals surface area contributed by atoms with Crippen molar-refractivity contribution in [3.05, 3.63) is 56.1 Å². The maximum Gasteiger partial charge on any atom is 0.348 e. The van der Waals surface area contributed by atoms with Crippen LogP contribution in [0.4, 0.5) is 10.1 Å². The van der Waals surface area contributed by atoms with Crippen LogP contribution in [0.3, 0.4) is 0 Å². The Labute approximate surface area is 124 Å². The molecule has 1 heterocycles. The van der Waals surface area contributed by atoms with Crippen LogP contribution >= 0.6 is 0 Å². The van der Waals surface area contributed by atoms with Crippen molar-refractivity contribution in [1.29, 1.82) is 0 Å². The lowest BCUT2D eigenvalue weighted by Gasteiger charge is -2.10. The number of halogens is 1. The zero-order valence-corrected chi connectivity index (χ0v) is 11.9. The number of hydrogen-bond donors (Lipinski definition) is 0. The summed E-state index contributed by atoms with van der Waals surface area (Å²) in [6, 6.07) is 4.99. The minimum absolute atomic E-state index is 0.0133. The summed E-state index contributed by atoms with van der Waals surface area (Å²) in [7, 11) is 0. The molecule has 0 aliphatic carbocycles. The molecule has 2 rings (SSSR count). The Morgan fingerprint density at radius 1 is 1.36 bits per heavy atom. The van der Waals surface area contributed by atoms with E-state index >= 15 is 0 Å². The lowest BCUT2D eigenvalue weighted by atomic mass is 10.0. The number of carbonyl (C=O) groups is 1. The summed E-state index contributed by atoms with van der Waals surface area (Å²) >= 11 is 0. The van der Waals surface area contributed by atoms with Gasteiger partial charge in [-0.25, -0.2) is 9.07 Å². The van der Waals surface area contributed by atoms with Crippen molar-refractivity contribution in [2.75, 3.05) is 0 Å². The fraction of sp³-hybridized carbons (Fsp3) is 0.214. The number of nitro groups is 1. The van der Waals surface area contributed by atoms with E-state index in [4.69, 9.17) is 0 Å². The first-order chi connectivity index (χ1) is 10.4. The molecule has 0 aliphatic rings. The molecular formula is C14H12FN3O4. The number of Topliss-reactive ketones (excluding diaryl/α,β-unsaturated/α-hetero) is 1. The number of nitrogens with zero attached hydrogens (tertiary/aromatic N) is 3. The summed E-state index contributed by atoms with van der Waals surface area (Å²) in [5, 5.41) is 15.2. The molecule has 0 radical (unpaired) electrons. The Kier molecular flexibility index (Phi) is 4.11. The summed E-state index contributed by atoms with van der Waals surface area (Å²) in [4.78, 5) is 34.2. The van der Waals surface area contributed by atoms with Gasteiger partial charge < -0.3 is 0 Å². The standard InChI is InChI=1S/C14H12FN3O4/c1-3-17-14(20)13(18(21)22)11(8(2)19)12(16-17)9-4-6-10(15)7-5-9/h4-7H,3H2,1-2H3. The molecule has 1 aromatic carbocycles. The van der Waals surface area contributed by atoms with E-state index in [0.717, 1.165) is 23.7 Å². The maximum absolute atomic E-state index is 13.0. The molecule has 114 valence electrons. The van der Waals surface area contributed by atoms with Crippen molar-refractivity contribution in [3.63, 3.8) is 0 Å². The van der Waals surface area contributed by atoms with E-state index in [1.165, 1.54) is 12.1 Å². The van der Waals surface area contributed by atoms with Crippen LogP contribution in [0.15, 0.2) is 29.1 Å². The van der Waals surface area contributed by atoms with Gasteiger partial charge in [0.25, 0.3) is 0 Å². The van der Waals surface area contributed by atoms with Gasteiger partial charge in [-0.3, -0.25) is 19.7 Å². The lowest BCUT2D eigenvalue weighted by molar-refractivity contribution is -0.386. The number of ketones is 1. The Bertz CT molecular complexity index is 812. The molecule has 7 nitrogen and oxygen atoms in total. The number of hydrogen-bond acceptors (Lipinski definition) is 5. The van der Waals surface area contributed by atoms with Gasteiger partial charge in [-0.05, 0) is 38.1 Å². The second kappa shape index (κ2) is 5.84. The molecule has 0 saturated heterocycles.